The molecule has 0 amide bonds. The number of hydrogen-bond acceptors (Lipinski definition) is 3. The number of H-pyrrole nitrogens is 1. The molecule has 112 valence electrons. The number of aryl methyl sites for hydroxylation is 1. The number of rotatable bonds is 3. The van der Waals surface area contributed by atoms with Gasteiger partial charge in [0, 0.05) is 24.2 Å². The zero-order chi connectivity index (χ0) is 13.9. The molecule has 0 radical (unpaired) electrons. The number of nitrogens with one attached hydrogen (secondary N) is 1. The molecule has 4 heteroatoms. The van der Waals surface area contributed by atoms with Crippen molar-refractivity contribution in [1.82, 2.24) is 20.0 Å². The minimum Gasteiger partial charge on any atom is -0.303 e. The maximum absolute atomic E-state index is 4.21. The number of piperidine rings is 2. The Kier molecular flexibility index (Phi) is 4.41. The third kappa shape index (κ3) is 2.91. The van der Waals surface area contributed by atoms with Crippen LogP contribution in [0.1, 0.15) is 49.8 Å². The van der Waals surface area contributed by atoms with Crippen molar-refractivity contribution in [1.29, 1.82) is 0 Å². The first-order chi connectivity index (χ1) is 9.78. The summed E-state index contributed by atoms with van der Waals surface area (Å²) in [5.74, 6) is 0.662. The number of likely N-dealkylation sites (tertiary alicyclic amines) is 2. The summed E-state index contributed by atoms with van der Waals surface area (Å²) >= 11 is 0. The highest BCUT2D eigenvalue weighted by molar-refractivity contribution is 5.19. The average molecular weight is 276 g/mol. The van der Waals surface area contributed by atoms with Crippen LogP contribution in [-0.2, 0) is 0 Å². The second kappa shape index (κ2) is 6.27. The molecule has 0 unspecified atom stereocenters. The van der Waals surface area contributed by atoms with Crippen molar-refractivity contribution in [2.75, 3.05) is 32.7 Å². The van der Waals surface area contributed by atoms with Crippen LogP contribution >= 0.6 is 0 Å². The fourth-order valence-corrected chi connectivity index (χ4v) is 3.94. The SMILES string of the molecule is CCN1CCC(N2CCC[C@@H](c3[nH]ncc3C)C2)CC1. The standard InChI is InChI=1S/C16H28N4/c1-3-19-9-6-15(7-10-19)20-8-4-5-14(12-20)16-13(2)11-17-18-16/h11,14-15H,3-10,12H2,1-2H3,(H,17,18)/t14-/m1/s1. The van der Waals surface area contributed by atoms with Gasteiger partial charge in [-0.2, -0.15) is 5.10 Å². The molecule has 2 saturated heterocycles. The third-order valence-corrected chi connectivity index (χ3v) is 5.25. The number of aromatic amines is 1. The summed E-state index contributed by atoms with van der Waals surface area (Å²) in [4.78, 5) is 5.33. The minimum atomic E-state index is 0.662. The molecule has 0 aromatic carbocycles. The van der Waals surface area contributed by atoms with Crippen LogP contribution in [0.4, 0.5) is 0 Å². The summed E-state index contributed by atoms with van der Waals surface area (Å²) in [5, 5.41) is 7.44. The lowest BCUT2D eigenvalue weighted by Crippen LogP contribution is -2.48. The largest absolute Gasteiger partial charge is 0.303 e. The fourth-order valence-electron chi connectivity index (χ4n) is 3.94. The molecule has 2 aliphatic heterocycles. The molecule has 1 atom stereocenters. The number of aromatic nitrogens is 2. The van der Waals surface area contributed by atoms with Gasteiger partial charge in [0.1, 0.15) is 0 Å². The number of hydrogen-bond donors (Lipinski definition) is 1. The molecule has 1 aromatic heterocycles. The van der Waals surface area contributed by atoms with E-state index in [1.807, 2.05) is 6.20 Å². The molecule has 2 fully saturated rings. The molecular weight excluding hydrogens is 248 g/mol. The van der Waals surface area contributed by atoms with E-state index < -0.39 is 0 Å². The fraction of sp³-hybridized carbons (Fsp3) is 0.812. The van der Waals surface area contributed by atoms with Gasteiger partial charge in [-0.1, -0.05) is 6.92 Å². The van der Waals surface area contributed by atoms with Crippen LogP contribution in [0.25, 0.3) is 0 Å². The van der Waals surface area contributed by atoms with Crippen LogP contribution in [0.2, 0.25) is 0 Å². The molecule has 1 N–H and O–H groups in total. The highest BCUT2D eigenvalue weighted by atomic mass is 15.2. The van der Waals surface area contributed by atoms with E-state index in [-0.39, 0.29) is 0 Å². The molecule has 20 heavy (non-hydrogen) atoms. The zero-order valence-electron chi connectivity index (χ0n) is 12.9. The lowest BCUT2D eigenvalue weighted by Gasteiger charge is -2.42. The molecule has 2 aliphatic rings. The Morgan fingerprint density at radius 2 is 2.05 bits per heavy atom. The Hall–Kier alpha value is -0.870. The first-order valence-corrected chi connectivity index (χ1v) is 8.24. The monoisotopic (exact) mass is 276 g/mol. The molecule has 1 aromatic rings. The van der Waals surface area contributed by atoms with Crippen molar-refractivity contribution < 1.29 is 0 Å². The van der Waals surface area contributed by atoms with E-state index in [2.05, 4.69) is 33.8 Å². The van der Waals surface area contributed by atoms with E-state index in [0.717, 1.165) is 6.04 Å². The molecule has 0 aliphatic carbocycles. The van der Waals surface area contributed by atoms with Gasteiger partial charge in [0.05, 0.1) is 6.20 Å². The topological polar surface area (TPSA) is 35.2 Å². The number of nitrogens with zero attached hydrogens (tertiary/aromatic N) is 3. The normalized spacial score (nSPS) is 27.0. The van der Waals surface area contributed by atoms with Crippen LogP contribution in [0.3, 0.4) is 0 Å². The quantitative estimate of drug-likeness (QED) is 0.920. The van der Waals surface area contributed by atoms with Crippen molar-refractivity contribution >= 4 is 0 Å². The van der Waals surface area contributed by atoms with Crippen LogP contribution < -0.4 is 0 Å². The van der Waals surface area contributed by atoms with Crippen molar-refractivity contribution in [2.24, 2.45) is 0 Å². The Bertz CT molecular complexity index is 420. The van der Waals surface area contributed by atoms with Gasteiger partial charge >= 0.3 is 0 Å². The molecule has 0 spiro atoms. The molecule has 3 heterocycles. The van der Waals surface area contributed by atoms with Crippen molar-refractivity contribution in [3.05, 3.63) is 17.5 Å². The highest BCUT2D eigenvalue weighted by Crippen LogP contribution is 2.30. The lowest BCUT2D eigenvalue weighted by atomic mass is 9.90. The van der Waals surface area contributed by atoms with Gasteiger partial charge in [-0.05, 0) is 64.3 Å². The van der Waals surface area contributed by atoms with Crippen LogP contribution in [-0.4, -0.2) is 58.8 Å². The summed E-state index contributed by atoms with van der Waals surface area (Å²) in [6.07, 6.45) is 7.31. The maximum atomic E-state index is 4.21. The smallest absolute Gasteiger partial charge is 0.0519 e. The van der Waals surface area contributed by atoms with E-state index >= 15 is 0 Å². The summed E-state index contributed by atoms with van der Waals surface area (Å²) in [5.41, 5.74) is 2.71. The zero-order valence-corrected chi connectivity index (χ0v) is 12.9. The van der Waals surface area contributed by atoms with Crippen LogP contribution in [0, 0.1) is 6.92 Å². The van der Waals surface area contributed by atoms with Gasteiger partial charge in [0.25, 0.3) is 0 Å². The van der Waals surface area contributed by atoms with Crippen LogP contribution in [0.15, 0.2) is 6.20 Å². The van der Waals surface area contributed by atoms with Gasteiger partial charge in [0.15, 0.2) is 0 Å². The van der Waals surface area contributed by atoms with Gasteiger partial charge in [-0.25, -0.2) is 0 Å². The Morgan fingerprint density at radius 3 is 2.70 bits per heavy atom. The van der Waals surface area contributed by atoms with E-state index in [9.17, 15) is 0 Å². The van der Waals surface area contributed by atoms with E-state index in [0.29, 0.717) is 5.92 Å². The van der Waals surface area contributed by atoms with Gasteiger partial charge in [0.2, 0.25) is 0 Å². The van der Waals surface area contributed by atoms with E-state index in [1.54, 1.807) is 0 Å². The average Bonchev–Trinajstić information content (AvgIpc) is 2.94. The second-order valence-electron chi connectivity index (χ2n) is 6.47. The Labute approximate surface area is 122 Å². The molecular formula is C16H28N4. The molecule has 4 nitrogen and oxygen atoms in total. The third-order valence-electron chi connectivity index (χ3n) is 5.25. The second-order valence-corrected chi connectivity index (χ2v) is 6.47. The van der Waals surface area contributed by atoms with Gasteiger partial charge < -0.3 is 4.90 Å². The summed E-state index contributed by atoms with van der Waals surface area (Å²) < 4.78 is 0. The summed E-state index contributed by atoms with van der Waals surface area (Å²) in [7, 11) is 0. The predicted molar refractivity (Wildman–Crippen MR) is 82.0 cm³/mol. The Balaban J connectivity index is 1.60. The van der Waals surface area contributed by atoms with Gasteiger partial charge in [-0.15, -0.1) is 0 Å². The lowest BCUT2D eigenvalue weighted by molar-refractivity contribution is 0.0864. The van der Waals surface area contributed by atoms with Gasteiger partial charge in [-0.3, -0.25) is 10.00 Å². The molecule has 3 rings (SSSR count). The van der Waals surface area contributed by atoms with Crippen molar-refractivity contribution in [2.45, 2.75) is 51.5 Å². The maximum Gasteiger partial charge on any atom is 0.0519 e. The minimum absolute atomic E-state index is 0.662. The highest BCUT2D eigenvalue weighted by Gasteiger charge is 2.30. The molecule has 0 saturated carbocycles. The van der Waals surface area contributed by atoms with E-state index in [4.69, 9.17) is 0 Å². The first-order valence-electron chi connectivity index (χ1n) is 8.24. The predicted octanol–water partition coefficient (Wildman–Crippen LogP) is 2.38. The summed E-state index contributed by atoms with van der Waals surface area (Å²) in [6, 6.07) is 0.809. The van der Waals surface area contributed by atoms with Crippen LogP contribution in [0.5, 0.6) is 0 Å². The summed E-state index contributed by atoms with van der Waals surface area (Å²) in [6.45, 7) is 10.7. The molecule has 0 bridgehead atoms. The first kappa shape index (κ1) is 14.1. The van der Waals surface area contributed by atoms with E-state index in [1.165, 1.54) is 69.7 Å². The Morgan fingerprint density at radius 1 is 1.25 bits per heavy atom. The van der Waals surface area contributed by atoms with Crippen molar-refractivity contribution in [3.8, 4) is 0 Å². The van der Waals surface area contributed by atoms with Crippen molar-refractivity contribution in [3.63, 3.8) is 0 Å².